The first-order chi connectivity index (χ1) is 15.2. The third-order valence-corrected chi connectivity index (χ3v) is 3.34. The standard InChI is InChI=1S/C8H11N4O3.C6H6N4O2.C4H6O/c1-5(14)7-9-10-8(6(2)15)12(11-7)3-4-13;1-3(11)5-7-9-6(4(2)12)10-8-5;1-2-4-5-3-1/h13H,3-4H2,1-2H3;1-2H3;1,3H,2,4H2/q+1;;. The number of ketones is 4. The van der Waals surface area contributed by atoms with Crippen LogP contribution in [0.4, 0.5) is 0 Å². The Bertz CT molecular complexity index is 954. The van der Waals surface area contributed by atoms with E-state index in [1.54, 1.807) is 6.26 Å². The third-order valence-electron chi connectivity index (χ3n) is 3.34. The van der Waals surface area contributed by atoms with Gasteiger partial charge in [-0.1, -0.05) is 5.10 Å². The monoisotopic (exact) mass is 447 g/mol. The Morgan fingerprint density at radius 3 is 1.66 bits per heavy atom. The molecule has 32 heavy (non-hydrogen) atoms. The normalized spacial score (nSPS) is 11.3. The van der Waals surface area contributed by atoms with E-state index in [4.69, 9.17) is 9.84 Å². The minimum atomic E-state index is -0.343. The molecule has 0 amide bonds. The van der Waals surface area contributed by atoms with Crippen molar-refractivity contribution in [2.75, 3.05) is 13.2 Å². The summed E-state index contributed by atoms with van der Waals surface area (Å²) >= 11 is 0. The highest BCUT2D eigenvalue weighted by Gasteiger charge is 2.22. The molecule has 0 aliphatic carbocycles. The number of ether oxygens (including phenoxy) is 1. The first kappa shape index (κ1) is 26.1. The summed E-state index contributed by atoms with van der Waals surface area (Å²) in [7, 11) is 0. The summed E-state index contributed by atoms with van der Waals surface area (Å²) in [5, 5.41) is 33.3. The van der Waals surface area contributed by atoms with Gasteiger partial charge in [0, 0.05) is 34.1 Å². The highest BCUT2D eigenvalue weighted by Crippen LogP contribution is 1.93. The van der Waals surface area contributed by atoms with Gasteiger partial charge in [-0.25, -0.2) is 0 Å². The van der Waals surface area contributed by atoms with E-state index in [2.05, 4.69) is 35.7 Å². The zero-order valence-corrected chi connectivity index (χ0v) is 18.0. The minimum Gasteiger partial charge on any atom is -0.501 e. The smallest absolute Gasteiger partial charge is 0.413 e. The van der Waals surface area contributed by atoms with Crippen LogP contribution in [-0.4, -0.2) is 77.1 Å². The van der Waals surface area contributed by atoms with E-state index in [1.165, 1.54) is 32.4 Å². The molecule has 14 nitrogen and oxygen atoms in total. The summed E-state index contributed by atoms with van der Waals surface area (Å²) < 4.78 is 5.94. The first-order valence-electron chi connectivity index (χ1n) is 9.30. The molecule has 0 saturated carbocycles. The van der Waals surface area contributed by atoms with Gasteiger partial charge in [-0.05, 0) is 11.2 Å². The molecule has 0 spiro atoms. The Balaban J connectivity index is 0.000000267. The Morgan fingerprint density at radius 2 is 1.34 bits per heavy atom. The van der Waals surface area contributed by atoms with Crippen LogP contribution in [0, 0.1) is 0 Å². The second-order valence-electron chi connectivity index (χ2n) is 6.10. The molecule has 0 radical (unpaired) electrons. The van der Waals surface area contributed by atoms with Crippen LogP contribution in [0.1, 0.15) is 76.6 Å². The molecule has 0 atom stereocenters. The number of aliphatic hydroxyl groups is 1. The number of Topliss-reactive ketones (excluding diaryl/α,β-unsaturated/α-hetero) is 4. The van der Waals surface area contributed by atoms with E-state index in [9.17, 15) is 19.2 Å². The fraction of sp³-hybridized carbons (Fsp3) is 0.444. The summed E-state index contributed by atoms with van der Waals surface area (Å²) in [5.41, 5.74) is 0. The number of hydrogen-bond acceptors (Lipinski definition) is 13. The van der Waals surface area contributed by atoms with E-state index in [1.807, 2.05) is 6.08 Å². The quantitative estimate of drug-likeness (QED) is 0.425. The fourth-order valence-electron chi connectivity index (χ4n) is 1.82. The zero-order valence-electron chi connectivity index (χ0n) is 18.0. The molecule has 14 heteroatoms. The minimum absolute atomic E-state index is 0.0223. The van der Waals surface area contributed by atoms with E-state index < -0.39 is 0 Å². The van der Waals surface area contributed by atoms with Gasteiger partial charge >= 0.3 is 5.82 Å². The van der Waals surface area contributed by atoms with Gasteiger partial charge in [0.25, 0.3) is 5.82 Å². The molecule has 3 heterocycles. The van der Waals surface area contributed by atoms with Crippen molar-refractivity contribution in [3.63, 3.8) is 0 Å². The Labute approximate surface area is 182 Å². The van der Waals surface area contributed by atoms with Crippen molar-refractivity contribution in [1.29, 1.82) is 0 Å². The predicted molar refractivity (Wildman–Crippen MR) is 104 cm³/mol. The maximum absolute atomic E-state index is 11.1. The summed E-state index contributed by atoms with van der Waals surface area (Å²) in [6.45, 7) is 6.00. The van der Waals surface area contributed by atoms with Crippen LogP contribution in [0.5, 0.6) is 0 Å². The van der Waals surface area contributed by atoms with Gasteiger partial charge in [0.2, 0.25) is 34.8 Å². The summed E-state index contributed by atoms with van der Waals surface area (Å²) in [5.74, 6) is -1.54. The molecule has 0 fully saturated rings. The largest absolute Gasteiger partial charge is 0.501 e. The summed E-state index contributed by atoms with van der Waals surface area (Å²) in [6, 6.07) is 0. The highest BCUT2D eigenvalue weighted by atomic mass is 16.5. The van der Waals surface area contributed by atoms with Crippen LogP contribution in [0.2, 0.25) is 0 Å². The van der Waals surface area contributed by atoms with Crippen LogP contribution in [0.15, 0.2) is 12.3 Å². The van der Waals surface area contributed by atoms with Crippen molar-refractivity contribution >= 4 is 23.1 Å². The Hall–Kier alpha value is -3.94. The van der Waals surface area contributed by atoms with Crippen molar-refractivity contribution in [3.8, 4) is 0 Å². The van der Waals surface area contributed by atoms with Crippen molar-refractivity contribution in [3.05, 3.63) is 35.6 Å². The number of hydrogen-bond donors (Lipinski definition) is 1. The molecule has 0 saturated heterocycles. The average molecular weight is 447 g/mol. The van der Waals surface area contributed by atoms with Gasteiger partial charge in [-0.3, -0.25) is 19.2 Å². The van der Waals surface area contributed by atoms with Crippen molar-refractivity contribution in [2.45, 2.75) is 40.7 Å². The maximum atomic E-state index is 11.1. The molecule has 1 N–H and O–H groups in total. The van der Waals surface area contributed by atoms with Gasteiger partial charge in [-0.2, -0.15) is 0 Å². The lowest BCUT2D eigenvalue weighted by Crippen LogP contribution is -2.48. The van der Waals surface area contributed by atoms with Crippen LogP contribution < -0.4 is 4.68 Å². The van der Waals surface area contributed by atoms with Gasteiger partial charge in [0.05, 0.1) is 24.6 Å². The number of nitrogens with zero attached hydrogens (tertiary/aromatic N) is 8. The van der Waals surface area contributed by atoms with E-state index in [0.717, 1.165) is 13.0 Å². The molecular formula is C18H23N8O6+. The maximum Gasteiger partial charge on any atom is 0.413 e. The molecule has 1 aliphatic heterocycles. The molecule has 2 aromatic rings. The van der Waals surface area contributed by atoms with Crippen molar-refractivity contribution in [2.24, 2.45) is 0 Å². The summed E-state index contributed by atoms with van der Waals surface area (Å²) in [6.07, 6.45) is 4.85. The summed E-state index contributed by atoms with van der Waals surface area (Å²) in [4.78, 5) is 43.3. The lowest BCUT2D eigenvalue weighted by molar-refractivity contribution is -0.760. The van der Waals surface area contributed by atoms with Crippen molar-refractivity contribution in [1.82, 2.24) is 35.7 Å². The van der Waals surface area contributed by atoms with E-state index >= 15 is 0 Å². The van der Waals surface area contributed by atoms with Gasteiger partial charge in [-0.15, -0.1) is 25.1 Å². The van der Waals surface area contributed by atoms with E-state index in [0.29, 0.717) is 0 Å². The average Bonchev–Trinajstić information content (AvgIpc) is 3.34. The number of aliphatic hydroxyl groups excluding tert-OH is 1. The second-order valence-corrected chi connectivity index (χ2v) is 6.10. The lowest BCUT2D eigenvalue weighted by Gasteiger charge is -1.97. The number of carbonyl (C=O) groups excluding carboxylic acids is 4. The molecule has 1 aliphatic rings. The first-order valence-corrected chi connectivity index (χ1v) is 9.30. The van der Waals surface area contributed by atoms with Gasteiger partial charge in [0.1, 0.15) is 6.54 Å². The molecule has 0 aromatic carbocycles. The second kappa shape index (κ2) is 13.4. The predicted octanol–water partition coefficient (Wildman–Crippen LogP) is -0.851. The van der Waals surface area contributed by atoms with Crippen LogP contribution >= 0.6 is 0 Å². The molecule has 3 rings (SSSR count). The topological polar surface area (TPSA) is 192 Å². The highest BCUT2D eigenvalue weighted by molar-refractivity contribution is 5.91. The number of carbonyl (C=O) groups is 4. The lowest BCUT2D eigenvalue weighted by atomic mass is 10.4. The Kier molecular flexibility index (Phi) is 10.9. The number of aromatic nitrogens is 8. The van der Waals surface area contributed by atoms with Crippen LogP contribution in [-0.2, 0) is 11.3 Å². The SMILES string of the molecule is C1=COCC1.CC(=O)c1nnc(C(C)=O)[n+](CCO)n1.CC(=O)c1nnc(C(C)=O)nn1. The van der Waals surface area contributed by atoms with Gasteiger partial charge < -0.3 is 9.84 Å². The van der Waals surface area contributed by atoms with Crippen LogP contribution in [0.25, 0.3) is 0 Å². The van der Waals surface area contributed by atoms with Gasteiger partial charge in [0.15, 0.2) is 0 Å². The van der Waals surface area contributed by atoms with E-state index in [-0.39, 0.29) is 59.6 Å². The molecule has 170 valence electrons. The molecular weight excluding hydrogens is 424 g/mol. The molecule has 0 bridgehead atoms. The third kappa shape index (κ3) is 8.83. The molecule has 2 aromatic heterocycles. The van der Waals surface area contributed by atoms with Crippen molar-refractivity contribution < 1.29 is 33.7 Å². The zero-order chi connectivity index (χ0) is 24.1. The fourth-order valence-corrected chi connectivity index (χ4v) is 1.82. The van der Waals surface area contributed by atoms with Crippen LogP contribution in [0.3, 0.4) is 0 Å². The Morgan fingerprint density at radius 1 is 0.844 bits per heavy atom. The molecule has 0 unspecified atom stereocenters. The number of rotatable bonds is 6.